The Morgan fingerprint density at radius 3 is 2.47 bits per heavy atom. The lowest BCUT2D eigenvalue weighted by Crippen LogP contribution is -2.55. The van der Waals surface area contributed by atoms with Crippen LogP contribution in [0.15, 0.2) is 22.5 Å². The molecule has 8 heteroatoms. The summed E-state index contributed by atoms with van der Waals surface area (Å²) in [5.41, 5.74) is 0. The maximum absolute atomic E-state index is 5.58. The van der Waals surface area contributed by atoms with Gasteiger partial charge in [0.05, 0.1) is 18.2 Å². The van der Waals surface area contributed by atoms with Crippen molar-refractivity contribution in [3.63, 3.8) is 0 Å². The van der Waals surface area contributed by atoms with Crippen molar-refractivity contribution in [1.29, 1.82) is 0 Å². The van der Waals surface area contributed by atoms with Gasteiger partial charge in [-0.2, -0.15) is 0 Å². The van der Waals surface area contributed by atoms with Crippen molar-refractivity contribution in [2.75, 3.05) is 57.9 Å². The van der Waals surface area contributed by atoms with E-state index in [0.717, 1.165) is 64.7 Å². The van der Waals surface area contributed by atoms with E-state index in [1.165, 1.54) is 17.8 Å². The van der Waals surface area contributed by atoms with Gasteiger partial charge in [-0.05, 0) is 36.3 Å². The van der Waals surface area contributed by atoms with Crippen LogP contribution in [0.5, 0.6) is 0 Å². The lowest BCUT2D eigenvalue weighted by Gasteiger charge is -2.39. The molecule has 30 heavy (non-hydrogen) atoms. The van der Waals surface area contributed by atoms with E-state index in [9.17, 15) is 0 Å². The fourth-order valence-electron chi connectivity index (χ4n) is 4.62. The summed E-state index contributed by atoms with van der Waals surface area (Å²) in [7, 11) is 1.89. The van der Waals surface area contributed by atoms with Gasteiger partial charge in [-0.25, -0.2) is 0 Å². The zero-order valence-electron chi connectivity index (χ0n) is 18.8. The van der Waals surface area contributed by atoms with E-state index in [-0.39, 0.29) is 24.0 Å². The SMILES string of the molecule is CCC(CC)C(CNC(=NC)NC1CCN(c2cccs2)CC1)N1CCOCC1.I. The smallest absolute Gasteiger partial charge is 0.191 e. The van der Waals surface area contributed by atoms with Gasteiger partial charge in [0.25, 0.3) is 0 Å². The second-order valence-corrected chi connectivity index (χ2v) is 9.03. The summed E-state index contributed by atoms with van der Waals surface area (Å²) in [6, 6.07) is 5.39. The van der Waals surface area contributed by atoms with Crippen molar-refractivity contribution in [3.05, 3.63) is 17.5 Å². The van der Waals surface area contributed by atoms with Crippen LogP contribution in [0, 0.1) is 5.92 Å². The van der Waals surface area contributed by atoms with Crippen molar-refractivity contribution in [2.24, 2.45) is 10.9 Å². The van der Waals surface area contributed by atoms with Crippen molar-refractivity contribution >= 4 is 46.3 Å². The van der Waals surface area contributed by atoms with Crippen molar-refractivity contribution in [1.82, 2.24) is 15.5 Å². The Morgan fingerprint density at radius 2 is 1.90 bits per heavy atom. The molecular formula is C22H40IN5OS. The third-order valence-electron chi connectivity index (χ3n) is 6.46. The van der Waals surface area contributed by atoms with E-state index in [1.807, 2.05) is 18.4 Å². The molecule has 2 aliphatic heterocycles. The van der Waals surface area contributed by atoms with Gasteiger partial charge in [-0.15, -0.1) is 35.3 Å². The van der Waals surface area contributed by atoms with Crippen LogP contribution in [0.3, 0.4) is 0 Å². The van der Waals surface area contributed by atoms with Crippen LogP contribution in [-0.4, -0.2) is 75.9 Å². The summed E-state index contributed by atoms with van der Waals surface area (Å²) in [5.74, 6) is 1.65. The summed E-state index contributed by atoms with van der Waals surface area (Å²) in [6.45, 7) is 11.6. The molecule has 1 aromatic rings. The molecule has 1 atom stereocenters. The first kappa shape index (κ1) is 25.7. The monoisotopic (exact) mass is 549 g/mol. The minimum absolute atomic E-state index is 0. The van der Waals surface area contributed by atoms with Gasteiger partial charge in [0, 0.05) is 51.9 Å². The summed E-state index contributed by atoms with van der Waals surface area (Å²) in [5, 5.41) is 10.9. The number of anilines is 1. The molecule has 0 amide bonds. The molecule has 2 fully saturated rings. The summed E-state index contributed by atoms with van der Waals surface area (Å²) >= 11 is 1.84. The zero-order chi connectivity index (χ0) is 20.5. The minimum Gasteiger partial charge on any atom is -0.379 e. The molecule has 1 unspecified atom stereocenters. The molecule has 0 aromatic carbocycles. The van der Waals surface area contributed by atoms with E-state index in [1.54, 1.807) is 0 Å². The minimum atomic E-state index is 0. The third kappa shape index (κ3) is 7.24. The number of ether oxygens (including phenoxy) is 1. The second-order valence-electron chi connectivity index (χ2n) is 8.10. The summed E-state index contributed by atoms with van der Waals surface area (Å²) in [4.78, 5) is 9.63. The van der Waals surface area contributed by atoms with Crippen molar-refractivity contribution < 1.29 is 4.74 Å². The average Bonchev–Trinajstić information content (AvgIpc) is 3.31. The molecule has 0 spiro atoms. The predicted molar refractivity (Wildman–Crippen MR) is 140 cm³/mol. The van der Waals surface area contributed by atoms with Gasteiger partial charge in [0.15, 0.2) is 5.96 Å². The number of rotatable bonds is 8. The highest BCUT2D eigenvalue weighted by molar-refractivity contribution is 14.0. The normalized spacial score (nSPS) is 20.1. The molecule has 2 N–H and O–H groups in total. The van der Waals surface area contributed by atoms with Gasteiger partial charge in [0.1, 0.15) is 0 Å². The molecule has 6 nitrogen and oxygen atoms in total. The van der Waals surface area contributed by atoms with Crippen molar-refractivity contribution in [2.45, 2.75) is 51.6 Å². The van der Waals surface area contributed by atoms with Gasteiger partial charge in [0.2, 0.25) is 0 Å². The van der Waals surface area contributed by atoms with Crippen LogP contribution in [0.25, 0.3) is 0 Å². The number of morpholine rings is 1. The summed E-state index contributed by atoms with van der Waals surface area (Å²) < 4.78 is 5.58. The first-order chi connectivity index (χ1) is 14.2. The Balaban J connectivity index is 0.00000320. The van der Waals surface area contributed by atoms with E-state index in [2.05, 4.69) is 56.8 Å². The largest absolute Gasteiger partial charge is 0.379 e. The third-order valence-corrected chi connectivity index (χ3v) is 7.39. The van der Waals surface area contributed by atoms with Crippen LogP contribution in [-0.2, 0) is 4.74 Å². The highest BCUT2D eigenvalue weighted by atomic mass is 127. The molecule has 0 radical (unpaired) electrons. The lowest BCUT2D eigenvalue weighted by molar-refractivity contribution is 0.00271. The molecule has 0 saturated carbocycles. The molecule has 172 valence electrons. The Morgan fingerprint density at radius 1 is 1.20 bits per heavy atom. The first-order valence-electron chi connectivity index (χ1n) is 11.3. The van der Waals surface area contributed by atoms with Crippen LogP contribution >= 0.6 is 35.3 Å². The number of hydrogen-bond donors (Lipinski definition) is 2. The molecule has 2 aliphatic rings. The quantitative estimate of drug-likeness (QED) is 0.295. The number of piperidine rings is 1. The molecule has 3 heterocycles. The van der Waals surface area contributed by atoms with Gasteiger partial charge in [-0.1, -0.05) is 26.7 Å². The topological polar surface area (TPSA) is 52.1 Å². The highest BCUT2D eigenvalue weighted by Crippen LogP contribution is 2.25. The van der Waals surface area contributed by atoms with E-state index in [0.29, 0.717) is 18.0 Å². The van der Waals surface area contributed by atoms with E-state index in [4.69, 9.17) is 4.74 Å². The van der Waals surface area contributed by atoms with Crippen LogP contribution in [0.4, 0.5) is 5.00 Å². The molecule has 2 saturated heterocycles. The van der Waals surface area contributed by atoms with E-state index < -0.39 is 0 Å². The maximum Gasteiger partial charge on any atom is 0.191 e. The first-order valence-corrected chi connectivity index (χ1v) is 12.2. The molecule has 0 bridgehead atoms. The van der Waals surface area contributed by atoms with Gasteiger partial charge < -0.3 is 20.3 Å². The fraction of sp³-hybridized carbons (Fsp3) is 0.773. The van der Waals surface area contributed by atoms with Crippen molar-refractivity contribution in [3.8, 4) is 0 Å². The highest BCUT2D eigenvalue weighted by Gasteiger charge is 2.27. The van der Waals surface area contributed by atoms with Crippen LogP contribution in [0.1, 0.15) is 39.5 Å². The Labute approximate surface area is 203 Å². The number of nitrogens with zero attached hydrogens (tertiary/aromatic N) is 3. The second kappa shape index (κ2) is 13.8. The number of aliphatic imine (C=N–C) groups is 1. The van der Waals surface area contributed by atoms with Crippen LogP contribution in [0.2, 0.25) is 0 Å². The number of halogens is 1. The lowest BCUT2D eigenvalue weighted by atomic mass is 9.92. The van der Waals surface area contributed by atoms with Crippen LogP contribution < -0.4 is 15.5 Å². The molecule has 0 aliphatic carbocycles. The standard InChI is InChI=1S/C22H39N5OS.HI/c1-4-18(5-2)20(26-12-14-28-15-13-26)17-24-22(23-3)25-19-8-10-27(11-9-19)21-7-6-16-29-21;/h6-7,16,18-20H,4-5,8-15,17H2,1-3H3,(H2,23,24,25);1H. The van der Waals surface area contributed by atoms with E-state index >= 15 is 0 Å². The number of hydrogen-bond acceptors (Lipinski definition) is 5. The van der Waals surface area contributed by atoms with Gasteiger partial charge >= 0.3 is 0 Å². The Kier molecular flexibility index (Phi) is 11.8. The predicted octanol–water partition coefficient (Wildman–Crippen LogP) is 3.64. The fourth-order valence-corrected chi connectivity index (χ4v) is 5.40. The number of guanidine groups is 1. The molecule has 3 rings (SSSR count). The zero-order valence-corrected chi connectivity index (χ0v) is 22.0. The Bertz CT molecular complexity index is 597. The molecular weight excluding hydrogens is 509 g/mol. The maximum atomic E-state index is 5.58. The average molecular weight is 550 g/mol. The number of nitrogens with one attached hydrogen (secondary N) is 2. The summed E-state index contributed by atoms with van der Waals surface area (Å²) in [6.07, 6.45) is 4.73. The van der Waals surface area contributed by atoms with Gasteiger partial charge in [-0.3, -0.25) is 9.89 Å². The number of thiophene rings is 1. The Hall–Kier alpha value is -0.580. The molecule has 1 aromatic heterocycles.